The first-order chi connectivity index (χ1) is 13.8. The van der Waals surface area contributed by atoms with E-state index in [4.69, 9.17) is 0 Å². The standard InChI is InChI=1S/C21H19F3N2O3/c22-21(23,24)29-17-8-4-7-14(10-17)20(28)26-12-15-9-16(26)11-18(15)25-19(27)13-5-2-1-3-6-13/h1-8,10,15-16,18H,9,11-12H2,(H,25,27). The average Bonchev–Trinajstić information content (AvgIpc) is 3.27. The highest BCUT2D eigenvalue weighted by atomic mass is 19.4. The summed E-state index contributed by atoms with van der Waals surface area (Å²) in [5.74, 6) is -0.747. The average molecular weight is 404 g/mol. The Morgan fingerprint density at radius 1 is 1.00 bits per heavy atom. The van der Waals surface area contributed by atoms with E-state index in [-0.39, 0.29) is 35.4 Å². The maximum Gasteiger partial charge on any atom is 0.573 e. The van der Waals surface area contributed by atoms with Gasteiger partial charge in [0.25, 0.3) is 11.8 Å². The zero-order valence-electron chi connectivity index (χ0n) is 15.4. The SMILES string of the molecule is O=C(NC1CC2CC1CN2C(=O)c1cccc(OC(F)(F)F)c1)c1ccccc1. The summed E-state index contributed by atoms with van der Waals surface area (Å²) >= 11 is 0. The Balaban J connectivity index is 1.39. The van der Waals surface area contributed by atoms with Gasteiger partial charge in [0.05, 0.1) is 0 Å². The number of nitrogens with zero attached hydrogens (tertiary/aromatic N) is 1. The van der Waals surface area contributed by atoms with E-state index >= 15 is 0 Å². The minimum absolute atomic E-state index is 0.0170. The van der Waals surface area contributed by atoms with Crippen LogP contribution in [-0.4, -0.2) is 41.7 Å². The third-order valence-electron chi connectivity index (χ3n) is 5.47. The molecule has 0 spiro atoms. The van der Waals surface area contributed by atoms with Crippen LogP contribution in [0.4, 0.5) is 13.2 Å². The molecule has 29 heavy (non-hydrogen) atoms. The molecule has 152 valence electrons. The number of nitrogens with one attached hydrogen (secondary N) is 1. The lowest BCUT2D eigenvalue weighted by Gasteiger charge is -2.32. The summed E-state index contributed by atoms with van der Waals surface area (Å²) in [6.45, 7) is 0.466. The molecule has 5 nitrogen and oxygen atoms in total. The van der Waals surface area contributed by atoms with Crippen LogP contribution in [0.3, 0.4) is 0 Å². The van der Waals surface area contributed by atoms with Gasteiger partial charge in [-0.3, -0.25) is 9.59 Å². The van der Waals surface area contributed by atoms with Gasteiger partial charge < -0.3 is 15.0 Å². The molecule has 3 unspecified atom stereocenters. The van der Waals surface area contributed by atoms with E-state index in [1.165, 1.54) is 12.1 Å². The Bertz CT molecular complexity index is 917. The topological polar surface area (TPSA) is 58.6 Å². The van der Waals surface area contributed by atoms with Gasteiger partial charge in [-0.1, -0.05) is 24.3 Å². The highest BCUT2D eigenvalue weighted by molar-refractivity contribution is 5.96. The second-order valence-electron chi connectivity index (χ2n) is 7.36. The molecule has 2 fully saturated rings. The van der Waals surface area contributed by atoms with Gasteiger partial charge in [-0.25, -0.2) is 0 Å². The first kappa shape index (κ1) is 19.3. The quantitative estimate of drug-likeness (QED) is 0.847. The van der Waals surface area contributed by atoms with Crippen molar-refractivity contribution >= 4 is 11.8 Å². The van der Waals surface area contributed by atoms with E-state index in [1.807, 2.05) is 6.07 Å². The fraction of sp³-hybridized carbons (Fsp3) is 0.333. The number of hydrogen-bond acceptors (Lipinski definition) is 3. The summed E-state index contributed by atoms with van der Waals surface area (Å²) < 4.78 is 41.1. The van der Waals surface area contributed by atoms with Crippen LogP contribution >= 0.6 is 0 Å². The molecule has 2 bridgehead atoms. The van der Waals surface area contributed by atoms with E-state index in [1.54, 1.807) is 29.2 Å². The number of carbonyl (C=O) groups excluding carboxylic acids is 2. The summed E-state index contributed by atoms with van der Waals surface area (Å²) in [5.41, 5.74) is 0.744. The Labute approximate surface area is 165 Å². The van der Waals surface area contributed by atoms with E-state index in [0.29, 0.717) is 18.5 Å². The normalized spacial score (nSPS) is 23.1. The summed E-state index contributed by atoms with van der Waals surface area (Å²) in [7, 11) is 0. The number of fused-ring (bicyclic) bond motifs is 2. The van der Waals surface area contributed by atoms with Crippen LogP contribution in [0.25, 0.3) is 0 Å². The van der Waals surface area contributed by atoms with Crippen molar-refractivity contribution in [1.82, 2.24) is 10.2 Å². The van der Waals surface area contributed by atoms with E-state index < -0.39 is 12.1 Å². The number of benzene rings is 2. The summed E-state index contributed by atoms with van der Waals surface area (Å²) in [4.78, 5) is 26.9. The van der Waals surface area contributed by atoms with E-state index in [0.717, 1.165) is 18.6 Å². The Morgan fingerprint density at radius 2 is 1.72 bits per heavy atom. The van der Waals surface area contributed by atoms with Crippen molar-refractivity contribution < 1.29 is 27.5 Å². The van der Waals surface area contributed by atoms with Crippen LogP contribution < -0.4 is 10.1 Å². The first-order valence-corrected chi connectivity index (χ1v) is 9.33. The molecule has 1 aliphatic carbocycles. The fourth-order valence-corrected chi connectivity index (χ4v) is 4.21. The van der Waals surface area contributed by atoms with Crippen molar-refractivity contribution in [3.8, 4) is 5.75 Å². The van der Waals surface area contributed by atoms with Gasteiger partial charge >= 0.3 is 6.36 Å². The zero-order chi connectivity index (χ0) is 20.6. The molecule has 1 aliphatic heterocycles. The number of halogens is 3. The minimum Gasteiger partial charge on any atom is -0.406 e. The van der Waals surface area contributed by atoms with E-state index in [2.05, 4.69) is 10.1 Å². The first-order valence-electron chi connectivity index (χ1n) is 9.33. The highest BCUT2D eigenvalue weighted by Gasteiger charge is 2.47. The number of carbonyl (C=O) groups is 2. The van der Waals surface area contributed by atoms with Crippen molar-refractivity contribution in [2.24, 2.45) is 5.92 Å². The number of rotatable bonds is 4. The molecule has 3 atom stereocenters. The number of piperidine rings is 1. The lowest BCUT2D eigenvalue weighted by Crippen LogP contribution is -2.47. The molecule has 1 saturated carbocycles. The molecular formula is C21H19F3N2O3. The predicted octanol–water partition coefficient (Wildman–Crippen LogP) is 3.62. The fourth-order valence-electron chi connectivity index (χ4n) is 4.21. The van der Waals surface area contributed by atoms with Gasteiger partial charge in [0.2, 0.25) is 0 Å². The van der Waals surface area contributed by atoms with Gasteiger partial charge in [0, 0.05) is 29.8 Å². The Morgan fingerprint density at radius 3 is 2.38 bits per heavy atom. The third kappa shape index (κ3) is 4.21. The van der Waals surface area contributed by atoms with Crippen LogP contribution in [0.15, 0.2) is 54.6 Å². The zero-order valence-corrected chi connectivity index (χ0v) is 15.4. The molecule has 2 aromatic carbocycles. The number of ether oxygens (including phenoxy) is 1. The molecule has 1 N–H and O–H groups in total. The molecule has 2 aliphatic rings. The van der Waals surface area contributed by atoms with Crippen LogP contribution in [0, 0.1) is 5.92 Å². The van der Waals surface area contributed by atoms with Gasteiger partial charge in [0.1, 0.15) is 5.75 Å². The Kier molecular flexibility index (Phi) is 4.94. The largest absolute Gasteiger partial charge is 0.573 e. The second-order valence-corrected chi connectivity index (χ2v) is 7.36. The molecule has 2 aromatic rings. The van der Waals surface area contributed by atoms with Crippen LogP contribution in [-0.2, 0) is 0 Å². The van der Waals surface area contributed by atoms with Crippen LogP contribution in [0.5, 0.6) is 5.75 Å². The highest BCUT2D eigenvalue weighted by Crippen LogP contribution is 2.39. The van der Waals surface area contributed by atoms with Gasteiger partial charge in [-0.2, -0.15) is 0 Å². The van der Waals surface area contributed by atoms with Crippen molar-refractivity contribution in [3.05, 3.63) is 65.7 Å². The molecule has 2 amide bonds. The molecule has 1 saturated heterocycles. The minimum atomic E-state index is -4.81. The molecule has 0 aromatic heterocycles. The lowest BCUT2D eigenvalue weighted by atomic mass is 10.0. The molecular weight excluding hydrogens is 385 g/mol. The van der Waals surface area contributed by atoms with Crippen molar-refractivity contribution in [3.63, 3.8) is 0 Å². The summed E-state index contributed by atoms with van der Waals surface area (Å²) in [6, 6.07) is 14.0. The van der Waals surface area contributed by atoms with Crippen molar-refractivity contribution in [1.29, 1.82) is 0 Å². The smallest absolute Gasteiger partial charge is 0.406 e. The van der Waals surface area contributed by atoms with Gasteiger partial charge in [0.15, 0.2) is 0 Å². The maximum atomic E-state index is 12.8. The molecule has 4 rings (SSSR count). The maximum absolute atomic E-state index is 12.8. The lowest BCUT2D eigenvalue weighted by molar-refractivity contribution is -0.274. The monoisotopic (exact) mass is 404 g/mol. The summed E-state index contributed by atoms with van der Waals surface area (Å²) in [5, 5.41) is 3.04. The predicted molar refractivity (Wildman–Crippen MR) is 98.4 cm³/mol. The van der Waals surface area contributed by atoms with Crippen LogP contribution in [0.2, 0.25) is 0 Å². The molecule has 0 radical (unpaired) electrons. The van der Waals surface area contributed by atoms with Gasteiger partial charge in [-0.05, 0) is 49.1 Å². The van der Waals surface area contributed by atoms with Crippen molar-refractivity contribution in [2.75, 3.05) is 6.54 Å². The number of hydrogen-bond donors (Lipinski definition) is 1. The van der Waals surface area contributed by atoms with Crippen LogP contribution in [0.1, 0.15) is 33.6 Å². The summed E-state index contributed by atoms with van der Waals surface area (Å²) in [6.07, 6.45) is -3.41. The third-order valence-corrected chi connectivity index (χ3v) is 5.47. The number of likely N-dealkylation sites (tertiary alicyclic amines) is 1. The van der Waals surface area contributed by atoms with Crippen molar-refractivity contribution in [2.45, 2.75) is 31.3 Å². The molecule has 1 heterocycles. The van der Waals surface area contributed by atoms with E-state index in [9.17, 15) is 22.8 Å². The molecule has 8 heteroatoms. The Hall–Kier alpha value is -3.03. The second kappa shape index (κ2) is 7.42. The number of amides is 2. The van der Waals surface area contributed by atoms with Gasteiger partial charge in [-0.15, -0.1) is 13.2 Å². The number of alkyl halides is 3.